The van der Waals surface area contributed by atoms with Gasteiger partial charge in [-0.05, 0) is 25.1 Å². The van der Waals surface area contributed by atoms with Crippen molar-refractivity contribution in [1.29, 1.82) is 0 Å². The number of hydrogen-bond acceptors (Lipinski definition) is 4. The number of methoxy groups -OCH3 is 1. The number of ether oxygens (including phenoxy) is 2. The van der Waals surface area contributed by atoms with Crippen molar-refractivity contribution in [3.05, 3.63) is 28.8 Å². The van der Waals surface area contributed by atoms with E-state index in [9.17, 15) is 4.79 Å². The van der Waals surface area contributed by atoms with E-state index in [2.05, 4.69) is 4.74 Å². The fourth-order valence-electron chi connectivity index (χ4n) is 1.20. The number of carbonyl (C=O) groups is 1. The maximum absolute atomic E-state index is 10.9. The van der Waals surface area contributed by atoms with Gasteiger partial charge in [-0.1, -0.05) is 11.6 Å². The molecule has 0 aliphatic heterocycles. The molecule has 0 saturated carbocycles. The van der Waals surface area contributed by atoms with E-state index < -0.39 is 5.97 Å². The van der Waals surface area contributed by atoms with Gasteiger partial charge in [-0.2, -0.15) is 0 Å². The van der Waals surface area contributed by atoms with Gasteiger partial charge in [0.1, 0.15) is 5.75 Å². The Kier molecular flexibility index (Phi) is 4.58. The fourth-order valence-corrected chi connectivity index (χ4v) is 1.38. The number of rotatable bonds is 4. The Morgan fingerprint density at radius 1 is 1.56 bits per heavy atom. The molecule has 4 nitrogen and oxygen atoms in total. The van der Waals surface area contributed by atoms with Crippen molar-refractivity contribution in [1.82, 2.24) is 0 Å². The summed E-state index contributed by atoms with van der Waals surface area (Å²) >= 11 is 5.85. The van der Waals surface area contributed by atoms with Crippen LogP contribution in [0, 0.1) is 0 Å². The number of benzene rings is 1. The van der Waals surface area contributed by atoms with Gasteiger partial charge in [0.2, 0.25) is 0 Å². The van der Waals surface area contributed by atoms with E-state index in [1.54, 1.807) is 18.2 Å². The molecule has 88 valence electrons. The molecule has 0 aromatic heterocycles. The second kappa shape index (κ2) is 5.72. The molecule has 1 aromatic rings. The molecule has 0 aliphatic rings. The highest BCUT2D eigenvalue weighted by molar-refractivity contribution is 6.30. The van der Waals surface area contributed by atoms with Crippen LogP contribution >= 0.6 is 11.6 Å². The van der Waals surface area contributed by atoms with Gasteiger partial charge in [-0.15, -0.1) is 0 Å². The maximum atomic E-state index is 10.9. The number of nitrogens with two attached hydrogens (primary N) is 1. The van der Waals surface area contributed by atoms with Crippen LogP contribution in [0.2, 0.25) is 5.02 Å². The summed E-state index contributed by atoms with van der Waals surface area (Å²) in [6, 6.07) is 4.87. The normalized spacial score (nSPS) is 12.0. The average molecular weight is 244 g/mol. The SMILES string of the molecule is COC(=O)COc1ccc(Cl)cc1C(C)N. The van der Waals surface area contributed by atoms with Gasteiger partial charge in [-0.25, -0.2) is 4.79 Å². The molecular formula is C11H14ClNO3. The first-order valence-corrected chi connectivity index (χ1v) is 5.17. The zero-order chi connectivity index (χ0) is 12.1. The summed E-state index contributed by atoms with van der Waals surface area (Å²) in [5.74, 6) is 0.107. The highest BCUT2D eigenvalue weighted by Crippen LogP contribution is 2.27. The summed E-state index contributed by atoms with van der Waals surface area (Å²) < 4.78 is 9.77. The van der Waals surface area contributed by atoms with E-state index in [4.69, 9.17) is 22.1 Å². The van der Waals surface area contributed by atoms with E-state index in [1.807, 2.05) is 6.92 Å². The average Bonchev–Trinajstić information content (AvgIpc) is 2.26. The Bertz CT molecular complexity index is 379. The Hall–Kier alpha value is -1.26. The molecule has 1 atom stereocenters. The van der Waals surface area contributed by atoms with Crippen LogP contribution in [-0.4, -0.2) is 19.7 Å². The topological polar surface area (TPSA) is 61.5 Å². The first kappa shape index (κ1) is 12.8. The second-order valence-corrected chi connectivity index (χ2v) is 3.77. The summed E-state index contributed by atoms with van der Waals surface area (Å²) in [5.41, 5.74) is 6.53. The first-order valence-electron chi connectivity index (χ1n) is 4.79. The Labute approximate surface area is 99.3 Å². The monoisotopic (exact) mass is 243 g/mol. The Balaban J connectivity index is 2.82. The van der Waals surface area contributed by atoms with Crippen molar-refractivity contribution in [2.75, 3.05) is 13.7 Å². The predicted octanol–water partition coefficient (Wildman–Crippen LogP) is 1.91. The van der Waals surface area contributed by atoms with Gasteiger partial charge in [0, 0.05) is 16.6 Å². The zero-order valence-corrected chi connectivity index (χ0v) is 9.95. The van der Waals surface area contributed by atoms with Crippen LogP contribution < -0.4 is 10.5 Å². The zero-order valence-electron chi connectivity index (χ0n) is 9.20. The molecule has 1 unspecified atom stereocenters. The lowest BCUT2D eigenvalue weighted by atomic mass is 10.1. The lowest BCUT2D eigenvalue weighted by molar-refractivity contribution is -0.142. The molecule has 5 heteroatoms. The molecule has 1 rings (SSSR count). The van der Waals surface area contributed by atoms with Crippen LogP contribution in [0.25, 0.3) is 0 Å². The summed E-state index contributed by atoms with van der Waals surface area (Å²) in [6.07, 6.45) is 0. The van der Waals surface area contributed by atoms with E-state index in [0.717, 1.165) is 5.56 Å². The van der Waals surface area contributed by atoms with Crippen LogP contribution in [0.1, 0.15) is 18.5 Å². The van der Waals surface area contributed by atoms with Crippen molar-refractivity contribution in [2.45, 2.75) is 13.0 Å². The Morgan fingerprint density at radius 2 is 2.25 bits per heavy atom. The van der Waals surface area contributed by atoms with Gasteiger partial charge >= 0.3 is 5.97 Å². The van der Waals surface area contributed by atoms with Gasteiger partial charge in [-0.3, -0.25) is 0 Å². The van der Waals surface area contributed by atoms with E-state index in [0.29, 0.717) is 10.8 Å². The minimum Gasteiger partial charge on any atom is -0.482 e. The molecule has 1 aromatic carbocycles. The van der Waals surface area contributed by atoms with Gasteiger partial charge < -0.3 is 15.2 Å². The van der Waals surface area contributed by atoms with Gasteiger partial charge in [0.15, 0.2) is 6.61 Å². The lowest BCUT2D eigenvalue weighted by Crippen LogP contribution is -2.15. The van der Waals surface area contributed by atoms with Crippen LogP contribution in [0.3, 0.4) is 0 Å². The van der Waals surface area contributed by atoms with Crippen LogP contribution in [0.4, 0.5) is 0 Å². The van der Waals surface area contributed by atoms with Crippen molar-refractivity contribution in [2.24, 2.45) is 5.73 Å². The van der Waals surface area contributed by atoms with Crippen molar-refractivity contribution >= 4 is 17.6 Å². The fraction of sp³-hybridized carbons (Fsp3) is 0.364. The minimum atomic E-state index is -0.439. The summed E-state index contributed by atoms with van der Waals surface area (Å²) in [4.78, 5) is 10.9. The third-order valence-corrected chi connectivity index (χ3v) is 2.27. The predicted molar refractivity (Wildman–Crippen MR) is 61.6 cm³/mol. The largest absolute Gasteiger partial charge is 0.482 e. The van der Waals surface area contributed by atoms with Crippen molar-refractivity contribution < 1.29 is 14.3 Å². The number of carbonyl (C=O) groups excluding carboxylic acids is 1. The minimum absolute atomic E-state index is 0.141. The quantitative estimate of drug-likeness (QED) is 0.821. The molecule has 0 heterocycles. The third kappa shape index (κ3) is 3.40. The molecule has 0 radical (unpaired) electrons. The summed E-state index contributed by atoms with van der Waals surface area (Å²) in [5, 5.41) is 0.581. The summed E-state index contributed by atoms with van der Waals surface area (Å²) in [6.45, 7) is 1.68. The van der Waals surface area contributed by atoms with Crippen LogP contribution in [0.15, 0.2) is 18.2 Å². The van der Waals surface area contributed by atoms with Crippen LogP contribution in [0.5, 0.6) is 5.75 Å². The van der Waals surface area contributed by atoms with Crippen molar-refractivity contribution in [3.63, 3.8) is 0 Å². The molecule has 0 spiro atoms. The lowest BCUT2D eigenvalue weighted by Gasteiger charge is -2.13. The van der Waals surface area contributed by atoms with Crippen molar-refractivity contribution in [3.8, 4) is 5.75 Å². The van der Waals surface area contributed by atoms with E-state index in [-0.39, 0.29) is 12.6 Å². The molecule has 2 N–H and O–H groups in total. The maximum Gasteiger partial charge on any atom is 0.343 e. The molecule has 0 saturated heterocycles. The van der Waals surface area contributed by atoms with E-state index >= 15 is 0 Å². The standard InChI is InChI=1S/C11H14ClNO3/c1-7(13)9-5-8(12)3-4-10(9)16-6-11(14)15-2/h3-5,7H,6,13H2,1-2H3. The first-order chi connectivity index (χ1) is 7.54. The summed E-state index contributed by atoms with van der Waals surface area (Å²) in [7, 11) is 1.31. The molecular weight excluding hydrogens is 230 g/mol. The molecule has 0 aliphatic carbocycles. The highest BCUT2D eigenvalue weighted by atomic mass is 35.5. The van der Waals surface area contributed by atoms with E-state index in [1.165, 1.54) is 7.11 Å². The second-order valence-electron chi connectivity index (χ2n) is 3.34. The molecule has 16 heavy (non-hydrogen) atoms. The molecule has 0 bridgehead atoms. The van der Waals surface area contributed by atoms with Crippen LogP contribution in [-0.2, 0) is 9.53 Å². The van der Waals surface area contributed by atoms with Gasteiger partial charge in [0.05, 0.1) is 7.11 Å². The highest BCUT2D eigenvalue weighted by Gasteiger charge is 2.10. The molecule has 0 amide bonds. The number of esters is 1. The van der Waals surface area contributed by atoms with Gasteiger partial charge in [0.25, 0.3) is 0 Å². The third-order valence-electron chi connectivity index (χ3n) is 2.04. The molecule has 0 fully saturated rings. The smallest absolute Gasteiger partial charge is 0.343 e. The number of halogens is 1. The Morgan fingerprint density at radius 3 is 2.81 bits per heavy atom. The number of hydrogen-bond donors (Lipinski definition) is 1.